The standard InChI is InChI=1S/C21H22Cl2N6O/c22-18-5-4-16(10-19(18)23)21(30)28-8-6-15(7-9-28)11-24-12-17-2-1-3-20(27-17)29-14-25-13-26-29/h1-5,10,13-15,24H,6-9,11-12H2. The lowest BCUT2D eigenvalue weighted by Crippen LogP contribution is -2.40. The molecule has 0 aliphatic carbocycles. The molecule has 4 rings (SSSR count). The Bertz CT molecular complexity index is 1000. The van der Waals surface area contributed by atoms with Crippen LogP contribution in [0.1, 0.15) is 28.9 Å². The van der Waals surface area contributed by atoms with Crippen LogP contribution < -0.4 is 5.32 Å². The van der Waals surface area contributed by atoms with Crippen molar-refractivity contribution in [3.63, 3.8) is 0 Å². The van der Waals surface area contributed by atoms with Gasteiger partial charge in [-0.25, -0.2) is 14.6 Å². The van der Waals surface area contributed by atoms with Crippen LogP contribution in [0.2, 0.25) is 10.0 Å². The van der Waals surface area contributed by atoms with Gasteiger partial charge < -0.3 is 10.2 Å². The third kappa shape index (κ3) is 4.98. The highest BCUT2D eigenvalue weighted by molar-refractivity contribution is 6.42. The van der Waals surface area contributed by atoms with Crippen LogP contribution in [-0.2, 0) is 6.54 Å². The van der Waals surface area contributed by atoms with E-state index in [0.717, 1.165) is 44.0 Å². The highest BCUT2D eigenvalue weighted by Gasteiger charge is 2.23. The Labute approximate surface area is 185 Å². The van der Waals surface area contributed by atoms with Crippen LogP contribution in [0.4, 0.5) is 0 Å². The molecule has 3 aromatic rings. The lowest BCUT2D eigenvalue weighted by Gasteiger charge is -2.32. The Morgan fingerprint density at radius 1 is 1.13 bits per heavy atom. The Balaban J connectivity index is 1.24. The summed E-state index contributed by atoms with van der Waals surface area (Å²) in [7, 11) is 0. The monoisotopic (exact) mass is 444 g/mol. The number of carbonyl (C=O) groups is 1. The van der Waals surface area contributed by atoms with Crippen LogP contribution in [0.5, 0.6) is 0 Å². The van der Waals surface area contributed by atoms with Crippen molar-refractivity contribution in [3.8, 4) is 5.82 Å². The van der Waals surface area contributed by atoms with Crippen LogP contribution >= 0.6 is 23.2 Å². The SMILES string of the molecule is O=C(c1ccc(Cl)c(Cl)c1)N1CCC(CNCc2cccc(-n3cncn3)n2)CC1. The Kier molecular flexibility index (Phi) is 6.62. The van der Waals surface area contributed by atoms with Crippen molar-refractivity contribution >= 4 is 29.1 Å². The number of carbonyl (C=O) groups excluding carboxylic acids is 1. The zero-order chi connectivity index (χ0) is 20.9. The summed E-state index contributed by atoms with van der Waals surface area (Å²) in [5.41, 5.74) is 1.54. The molecule has 0 saturated carbocycles. The smallest absolute Gasteiger partial charge is 0.253 e. The largest absolute Gasteiger partial charge is 0.339 e. The summed E-state index contributed by atoms with van der Waals surface area (Å²) < 4.78 is 1.64. The van der Waals surface area contributed by atoms with Crippen molar-refractivity contribution in [1.82, 2.24) is 30.0 Å². The van der Waals surface area contributed by atoms with Gasteiger partial charge in [-0.05, 0) is 55.6 Å². The highest BCUT2D eigenvalue weighted by atomic mass is 35.5. The molecule has 0 atom stereocenters. The number of nitrogens with one attached hydrogen (secondary N) is 1. The molecule has 7 nitrogen and oxygen atoms in total. The van der Waals surface area contributed by atoms with Crippen molar-refractivity contribution in [1.29, 1.82) is 0 Å². The van der Waals surface area contributed by atoms with Gasteiger partial charge in [0, 0.05) is 25.2 Å². The van der Waals surface area contributed by atoms with Crippen molar-refractivity contribution in [2.45, 2.75) is 19.4 Å². The van der Waals surface area contributed by atoms with Gasteiger partial charge in [0.2, 0.25) is 0 Å². The molecule has 30 heavy (non-hydrogen) atoms. The first-order chi connectivity index (χ1) is 14.6. The molecular formula is C21H22Cl2N6O. The lowest BCUT2D eigenvalue weighted by molar-refractivity contribution is 0.0690. The first-order valence-corrected chi connectivity index (χ1v) is 10.6. The molecule has 1 aliphatic heterocycles. The zero-order valence-electron chi connectivity index (χ0n) is 16.3. The topological polar surface area (TPSA) is 75.9 Å². The summed E-state index contributed by atoms with van der Waals surface area (Å²) >= 11 is 12.0. The second-order valence-corrected chi connectivity index (χ2v) is 8.14. The normalized spacial score (nSPS) is 14.8. The van der Waals surface area contributed by atoms with Crippen LogP contribution in [-0.4, -0.2) is 50.2 Å². The molecule has 1 aliphatic rings. The van der Waals surface area contributed by atoms with Crippen molar-refractivity contribution in [2.75, 3.05) is 19.6 Å². The maximum Gasteiger partial charge on any atom is 0.253 e. The number of hydrogen-bond acceptors (Lipinski definition) is 5. The fraction of sp³-hybridized carbons (Fsp3) is 0.333. The van der Waals surface area contributed by atoms with Crippen molar-refractivity contribution in [3.05, 3.63) is 70.4 Å². The maximum atomic E-state index is 12.7. The van der Waals surface area contributed by atoms with E-state index in [1.54, 1.807) is 29.2 Å². The van der Waals surface area contributed by atoms with Gasteiger partial charge in [-0.15, -0.1) is 0 Å². The summed E-state index contributed by atoms with van der Waals surface area (Å²) in [4.78, 5) is 23.1. The molecule has 156 valence electrons. The predicted molar refractivity (Wildman–Crippen MR) is 116 cm³/mol. The molecule has 1 N–H and O–H groups in total. The minimum absolute atomic E-state index is 0.00843. The number of piperidine rings is 1. The number of rotatable bonds is 6. The van der Waals surface area contributed by atoms with Gasteiger partial charge in [-0.2, -0.15) is 5.10 Å². The van der Waals surface area contributed by atoms with E-state index in [1.807, 2.05) is 23.1 Å². The van der Waals surface area contributed by atoms with E-state index in [4.69, 9.17) is 23.2 Å². The first-order valence-electron chi connectivity index (χ1n) is 9.86. The van der Waals surface area contributed by atoms with E-state index in [2.05, 4.69) is 20.4 Å². The Morgan fingerprint density at radius 2 is 1.97 bits per heavy atom. The molecule has 1 fully saturated rings. The summed E-state index contributed by atoms with van der Waals surface area (Å²) in [5.74, 6) is 1.29. The van der Waals surface area contributed by atoms with E-state index in [9.17, 15) is 4.79 Å². The molecule has 0 bridgehead atoms. The van der Waals surface area contributed by atoms with Gasteiger partial charge in [-0.1, -0.05) is 29.3 Å². The number of halogens is 2. The van der Waals surface area contributed by atoms with Gasteiger partial charge in [0.05, 0.1) is 15.7 Å². The van der Waals surface area contributed by atoms with Crippen LogP contribution in [0.15, 0.2) is 49.1 Å². The van der Waals surface area contributed by atoms with E-state index in [0.29, 0.717) is 28.1 Å². The second-order valence-electron chi connectivity index (χ2n) is 7.32. The molecule has 3 heterocycles. The number of aromatic nitrogens is 4. The van der Waals surface area contributed by atoms with Gasteiger partial charge >= 0.3 is 0 Å². The molecule has 0 unspecified atom stereocenters. The van der Waals surface area contributed by atoms with Crippen molar-refractivity contribution < 1.29 is 4.79 Å². The van der Waals surface area contributed by atoms with E-state index >= 15 is 0 Å². The predicted octanol–water partition coefficient (Wildman–Crippen LogP) is 3.61. The third-order valence-electron chi connectivity index (χ3n) is 5.25. The van der Waals surface area contributed by atoms with Crippen LogP contribution in [0.3, 0.4) is 0 Å². The quantitative estimate of drug-likeness (QED) is 0.628. The molecule has 9 heteroatoms. The zero-order valence-corrected chi connectivity index (χ0v) is 17.9. The maximum absolute atomic E-state index is 12.7. The van der Waals surface area contributed by atoms with Crippen molar-refractivity contribution in [2.24, 2.45) is 5.92 Å². The van der Waals surface area contributed by atoms with E-state index < -0.39 is 0 Å². The molecule has 1 saturated heterocycles. The number of pyridine rings is 1. The highest BCUT2D eigenvalue weighted by Crippen LogP contribution is 2.25. The summed E-state index contributed by atoms with van der Waals surface area (Å²) in [5, 5.41) is 8.46. The average molecular weight is 445 g/mol. The van der Waals surface area contributed by atoms with Gasteiger partial charge in [-0.3, -0.25) is 4.79 Å². The van der Waals surface area contributed by atoms with E-state index in [-0.39, 0.29) is 5.91 Å². The number of likely N-dealkylation sites (tertiary alicyclic amines) is 1. The molecule has 1 amide bonds. The van der Waals surface area contributed by atoms with Crippen LogP contribution in [0, 0.1) is 5.92 Å². The number of hydrogen-bond donors (Lipinski definition) is 1. The number of benzene rings is 1. The fourth-order valence-electron chi connectivity index (χ4n) is 3.58. The van der Waals surface area contributed by atoms with Gasteiger partial charge in [0.15, 0.2) is 5.82 Å². The molecule has 0 spiro atoms. The Hall–Kier alpha value is -2.48. The van der Waals surface area contributed by atoms with Gasteiger partial charge in [0.25, 0.3) is 5.91 Å². The summed E-state index contributed by atoms with van der Waals surface area (Å²) in [6, 6.07) is 10.9. The summed E-state index contributed by atoms with van der Waals surface area (Å²) in [6.07, 6.45) is 5.05. The fourth-order valence-corrected chi connectivity index (χ4v) is 3.87. The second kappa shape index (κ2) is 9.55. The third-order valence-corrected chi connectivity index (χ3v) is 5.99. The number of nitrogens with zero attached hydrogens (tertiary/aromatic N) is 5. The molecule has 0 radical (unpaired) electrons. The van der Waals surface area contributed by atoms with E-state index in [1.165, 1.54) is 6.33 Å². The molecular weight excluding hydrogens is 423 g/mol. The number of amides is 1. The average Bonchev–Trinajstić information content (AvgIpc) is 3.31. The van der Waals surface area contributed by atoms with Gasteiger partial charge in [0.1, 0.15) is 12.7 Å². The summed E-state index contributed by atoms with van der Waals surface area (Å²) in [6.45, 7) is 3.06. The lowest BCUT2D eigenvalue weighted by atomic mass is 9.96. The minimum atomic E-state index is 0.00843. The molecule has 1 aromatic carbocycles. The minimum Gasteiger partial charge on any atom is -0.339 e. The molecule has 2 aromatic heterocycles. The first kappa shape index (κ1) is 20.8. The Morgan fingerprint density at radius 3 is 2.70 bits per heavy atom. The van der Waals surface area contributed by atoms with Crippen LogP contribution in [0.25, 0.3) is 5.82 Å².